The number of likely N-dealkylation sites (tertiary alicyclic amines) is 1. The van der Waals surface area contributed by atoms with Gasteiger partial charge in [0, 0.05) is 25.2 Å². The number of nitrogens with zero attached hydrogens (tertiary/aromatic N) is 2. The van der Waals surface area contributed by atoms with Crippen molar-refractivity contribution < 1.29 is 4.79 Å². The Morgan fingerprint density at radius 3 is 2.38 bits per heavy atom. The van der Waals surface area contributed by atoms with Crippen LogP contribution in [0.2, 0.25) is 0 Å². The Morgan fingerprint density at radius 1 is 1.19 bits per heavy atom. The molecule has 0 aromatic carbocycles. The van der Waals surface area contributed by atoms with Gasteiger partial charge in [-0.15, -0.1) is 0 Å². The van der Waals surface area contributed by atoms with Crippen LogP contribution in [0.3, 0.4) is 0 Å². The molecule has 1 saturated carbocycles. The summed E-state index contributed by atoms with van der Waals surface area (Å²) in [6.45, 7) is 7.26. The molecule has 1 aliphatic carbocycles. The van der Waals surface area contributed by atoms with E-state index in [9.17, 15) is 4.79 Å². The minimum atomic E-state index is 0.0313. The summed E-state index contributed by atoms with van der Waals surface area (Å²) in [5.74, 6) is 0.339. The number of hydrogen-bond acceptors (Lipinski definition) is 3. The summed E-state index contributed by atoms with van der Waals surface area (Å²) in [5, 5.41) is 3.55. The molecule has 1 amide bonds. The monoisotopic (exact) mass is 295 g/mol. The predicted molar refractivity (Wildman–Crippen MR) is 87.4 cm³/mol. The van der Waals surface area contributed by atoms with Crippen molar-refractivity contribution in [1.29, 1.82) is 0 Å². The van der Waals surface area contributed by atoms with E-state index in [0.29, 0.717) is 18.0 Å². The lowest BCUT2D eigenvalue weighted by molar-refractivity contribution is -0.137. The number of likely N-dealkylation sites (N-methyl/N-ethyl adjacent to an activating group) is 1. The summed E-state index contributed by atoms with van der Waals surface area (Å²) in [5.41, 5.74) is 0. The van der Waals surface area contributed by atoms with Gasteiger partial charge < -0.3 is 10.2 Å². The van der Waals surface area contributed by atoms with Gasteiger partial charge in [-0.2, -0.15) is 0 Å². The van der Waals surface area contributed by atoms with Crippen molar-refractivity contribution in [2.45, 2.75) is 76.9 Å². The van der Waals surface area contributed by atoms with Crippen molar-refractivity contribution in [1.82, 2.24) is 15.1 Å². The molecule has 1 saturated heterocycles. The zero-order chi connectivity index (χ0) is 15.2. The highest BCUT2D eigenvalue weighted by Crippen LogP contribution is 2.24. The van der Waals surface area contributed by atoms with Crippen molar-refractivity contribution in [2.75, 3.05) is 26.7 Å². The molecular formula is C17H33N3O. The average Bonchev–Trinajstić information content (AvgIpc) is 2.54. The topological polar surface area (TPSA) is 35.6 Å². The number of nitrogens with one attached hydrogen (secondary N) is 1. The maximum atomic E-state index is 12.6. The van der Waals surface area contributed by atoms with Gasteiger partial charge in [0.15, 0.2) is 0 Å². The van der Waals surface area contributed by atoms with Gasteiger partial charge in [0.1, 0.15) is 0 Å². The Morgan fingerprint density at radius 2 is 1.81 bits per heavy atom. The quantitative estimate of drug-likeness (QED) is 0.845. The highest BCUT2D eigenvalue weighted by atomic mass is 16.2. The van der Waals surface area contributed by atoms with E-state index >= 15 is 0 Å². The summed E-state index contributed by atoms with van der Waals surface area (Å²) in [6.07, 6.45) is 8.55. The molecule has 2 rings (SSSR count). The first-order valence-electron chi connectivity index (χ1n) is 8.87. The van der Waals surface area contributed by atoms with E-state index < -0.39 is 0 Å². The molecule has 2 fully saturated rings. The number of carbonyl (C=O) groups is 1. The molecule has 4 nitrogen and oxygen atoms in total. The fourth-order valence-corrected chi connectivity index (χ4v) is 3.84. The van der Waals surface area contributed by atoms with Crippen LogP contribution in [0.5, 0.6) is 0 Å². The van der Waals surface area contributed by atoms with Crippen LogP contribution in [0.1, 0.15) is 58.8 Å². The Balaban J connectivity index is 1.81. The third-order valence-electron chi connectivity index (χ3n) is 5.40. The first kappa shape index (κ1) is 16.8. The second-order valence-electron chi connectivity index (χ2n) is 6.79. The summed E-state index contributed by atoms with van der Waals surface area (Å²) < 4.78 is 0. The Bertz CT molecular complexity index is 320. The second kappa shape index (κ2) is 8.14. The number of carbonyl (C=O) groups excluding carboxylic acids is 1. The van der Waals surface area contributed by atoms with Crippen molar-refractivity contribution in [3.8, 4) is 0 Å². The summed E-state index contributed by atoms with van der Waals surface area (Å²) in [7, 11) is 2.14. The molecule has 1 heterocycles. The smallest absolute Gasteiger partial charge is 0.239 e. The van der Waals surface area contributed by atoms with Gasteiger partial charge in [0.25, 0.3) is 0 Å². The molecule has 0 bridgehead atoms. The normalized spacial score (nSPS) is 28.7. The first-order chi connectivity index (χ1) is 10.1. The summed E-state index contributed by atoms with van der Waals surface area (Å²) >= 11 is 0. The molecule has 4 heteroatoms. The Kier molecular flexibility index (Phi) is 6.49. The molecular weight excluding hydrogens is 262 g/mol. The minimum absolute atomic E-state index is 0.0313. The maximum absolute atomic E-state index is 12.6. The van der Waals surface area contributed by atoms with Gasteiger partial charge in [-0.3, -0.25) is 9.69 Å². The standard InChI is InChI=1S/C17H33N3O/c1-4-18-15-8-10-16(11-9-15)19(3)14(2)17(21)20-12-6-5-7-13-20/h14-16,18H,4-13H2,1-3H3. The second-order valence-corrected chi connectivity index (χ2v) is 6.79. The SMILES string of the molecule is CCNC1CCC(N(C)C(C)C(=O)N2CCCCC2)CC1. The molecule has 122 valence electrons. The summed E-state index contributed by atoms with van der Waals surface area (Å²) in [4.78, 5) is 17.0. The van der Waals surface area contributed by atoms with Crippen LogP contribution in [0.15, 0.2) is 0 Å². The molecule has 0 radical (unpaired) electrons. The zero-order valence-corrected chi connectivity index (χ0v) is 14.1. The van der Waals surface area contributed by atoms with Gasteiger partial charge in [0.2, 0.25) is 5.91 Å². The predicted octanol–water partition coefficient (Wildman–Crippen LogP) is 2.24. The van der Waals surface area contributed by atoms with E-state index in [-0.39, 0.29) is 6.04 Å². The van der Waals surface area contributed by atoms with Gasteiger partial charge >= 0.3 is 0 Å². The third-order valence-corrected chi connectivity index (χ3v) is 5.40. The van der Waals surface area contributed by atoms with Crippen molar-refractivity contribution >= 4 is 5.91 Å². The molecule has 0 aromatic heterocycles. The zero-order valence-electron chi connectivity index (χ0n) is 14.1. The van der Waals surface area contributed by atoms with E-state index in [1.165, 1.54) is 44.9 Å². The van der Waals surface area contributed by atoms with Gasteiger partial charge in [-0.25, -0.2) is 0 Å². The molecule has 1 atom stereocenters. The van der Waals surface area contributed by atoms with E-state index in [2.05, 4.69) is 36.0 Å². The van der Waals surface area contributed by atoms with Crippen LogP contribution in [0.25, 0.3) is 0 Å². The van der Waals surface area contributed by atoms with Gasteiger partial charge in [0.05, 0.1) is 6.04 Å². The van der Waals surface area contributed by atoms with Crippen LogP contribution >= 0.6 is 0 Å². The van der Waals surface area contributed by atoms with Crippen LogP contribution in [0, 0.1) is 0 Å². The maximum Gasteiger partial charge on any atom is 0.239 e. The number of rotatable bonds is 5. The van der Waals surface area contributed by atoms with Gasteiger partial charge in [-0.05, 0) is 65.5 Å². The Hall–Kier alpha value is -0.610. The average molecular weight is 295 g/mol. The van der Waals surface area contributed by atoms with E-state index in [0.717, 1.165) is 19.6 Å². The van der Waals surface area contributed by atoms with Crippen molar-refractivity contribution in [3.05, 3.63) is 0 Å². The fraction of sp³-hybridized carbons (Fsp3) is 0.941. The molecule has 0 spiro atoms. The fourth-order valence-electron chi connectivity index (χ4n) is 3.84. The molecule has 2 aliphatic rings. The lowest BCUT2D eigenvalue weighted by atomic mass is 9.89. The molecule has 1 N–H and O–H groups in total. The lowest BCUT2D eigenvalue weighted by Gasteiger charge is -2.39. The van der Waals surface area contributed by atoms with Crippen LogP contribution in [0.4, 0.5) is 0 Å². The third kappa shape index (κ3) is 4.43. The highest BCUT2D eigenvalue weighted by Gasteiger charge is 2.31. The van der Waals surface area contributed by atoms with Crippen LogP contribution in [-0.2, 0) is 4.79 Å². The first-order valence-corrected chi connectivity index (χ1v) is 8.87. The lowest BCUT2D eigenvalue weighted by Crippen LogP contribution is -2.51. The van der Waals surface area contributed by atoms with Gasteiger partial charge in [-0.1, -0.05) is 6.92 Å². The van der Waals surface area contributed by atoms with E-state index in [1.807, 2.05) is 0 Å². The highest BCUT2D eigenvalue weighted by molar-refractivity contribution is 5.81. The van der Waals surface area contributed by atoms with Crippen molar-refractivity contribution in [2.24, 2.45) is 0 Å². The van der Waals surface area contributed by atoms with Crippen LogP contribution in [-0.4, -0.2) is 60.5 Å². The molecule has 1 aliphatic heterocycles. The molecule has 21 heavy (non-hydrogen) atoms. The Labute approximate surface area is 130 Å². The largest absolute Gasteiger partial charge is 0.341 e. The summed E-state index contributed by atoms with van der Waals surface area (Å²) in [6, 6.07) is 1.29. The molecule has 0 aromatic rings. The number of amides is 1. The molecule has 1 unspecified atom stereocenters. The number of hydrogen-bond donors (Lipinski definition) is 1. The van der Waals surface area contributed by atoms with Crippen LogP contribution < -0.4 is 5.32 Å². The minimum Gasteiger partial charge on any atom is -0.341 e. The number of piperidine rings is 1. The van der Waals surface area contributed by atoms with E-state index in [1.54, 1.807) is 0 Å². The van der Waals surface area contributed by atoms with E-state index in [4.69, 9.17) is 0 Å². The van der Waals surface area contributed by atoms with Crippen molar-refractivity contribution in [3.63, 3.8) is 0 Å².